The number of rotatable bonds is 2. The average Bonchev–Trinajstić information content (AvgIpc) is 2.04. The number of pyridine rings is 1. The Morgan fingerprint density at radius 2 is 2.23 bits per heavy atom. The van der Waals surface area contributed by atoms with Crippen molar-refractivity contribution < 1.29 is 9.53 Å². The van der Waals surface area contributed by atoms with Crippen molar-refractivity contribution in [1.29, 1.82) is 0 Å². The fraction of sp³-hybridized carbons (Fsp3) is 0.333. The third-order valence-electron chi connectivity index (χ3n) is 1.64. The van der Waals surface area contributed by atoms with Crippen molar-refractivity contribution in [3.8, 4) is 0 Å². The summed E-state index contributed by atoms with van der Waals surface area (Å²) < 4.78 is 4.90. The first-order chi connectivity index (χ1) is 6.02. The predicted octanol–water partition coefficient (Wildman–Crippen LogP) is 1.41. The molecule has 0 unspecified atom stereocenters. The monoisotopic (exact) mass is 180 g/mol. The van der Waals surface area contributed by atoms with Gasteiger partial charge in [-0.1, -0.05) is 6.07 Å². The second-order valence-corrected chi connectivity index (χ2v) is 3.15. The maximum atomic E-state index is 10.6. The van der Waals surface area contributed by atoms with Gasteiger partial charge in [-0.2, -0.15) is 0 Å². The van der Waals surface area contributed by atoms with Gasteiger partial charge in [-0.25, -0.2) is 4.79 Å². The molecule has 1 aromatic rings. The molecule has 4 nitrogen and oxygen atoms in total. The van der Waals surface area contributed by atoms with Crippen LogP contribution in [-0.2, 0) is 10.3 Å². The van der Waals surface area contributed by atoms with E-state index in [0.29, 0.717) is 5.69 Å². The Bertz CT molecular complexity index is 296. The lowest BCUT2D eigenvalue weighted by Crippen LogP contribution is -2.29. The molecule has 0 aliphatic carbocycles. The van der Waals surface area contributed by atoms with E-state index in [1.807, 2.05) is 6.07 Å². The highest BCUT2D eigenvalue weighted by molar-refractivity contribution is 5.65. The molecular formula is C9H12N2O2. The van der Waals surface area contributed by atoms with Crippen LogP contribution >= 0.6 is 0 Å². The van der Waals surface area contributed by atoms with Crippen molar-refractivity contribution in [3.63, 3.8) is 0 Å². The first kappa shape index (κ1) is 9.51. The first-order valence-corrected chi connectivity index (χ1v) is 3.92. The van der Waals surface area contributed by atoms with Gasteiger partial charge >= 0.3 is 6.09 Å². The molecule has 1 aromatic heterocycles. The largest absolute Gasteiger partial charge is 0.437 e. The SMILES string of the molecule is CC(C)(OC(N)=O)c1ccccn1. The van der Waals surface area contributed by atoms with Crippen LogP contribution < -0.4 is 5.73 Å². The number of carbonyl (C=O) groups is 1. The van der Waals surface area contributed by atoms with Gasteiger partial charge in [0.15, 0.2) is 5.60 Å². The lowest BCUT2D eigenvalue weighted by Gasteiger charge is -2.22. The summed E-state index contributed by atoms with van der Waals surface area (Å²) in [4.78, 5) is 14.6. The summed E-state index contributed by atoms with van der Waals surface area (Å²) in [6.07, 6.45) is 0.845. The Morgan fingerprint density at radius 3 is 2.69 bits per heavy atom. The van der Waals surface area contributed by atoms with Crippen molar-refractivity contribution >= 4 is 6.09 Å². The minimum absolute atomic E-state index is 0.675. The van der Waals surface area contributed by atoms with E-state index in [9.17, 15) is 4.79 Å². The van der Waals surface area contributed by atoms with Crippen LogP contribution in [0.1, 0.15) is 19.5 Å². The molecule has 0 fully saturated rings. The second kappa shape index (κ2) is 3.43. The zero-order valence-electron chi connectivity index (χ0n) is 7.65. The molecule has 0 aromatic carbocycles. The third-order valence-corrected chi connectivity index (χ3v) is 1.64. The summed E-state index contributed by atoms with van der Waals surface area (Å²) in [5.41, 5.74) is 4.83. The summed E-state index contributed by atoms with van der Waals surface area (Å²) in [5, 5.41) is 0. The van der Waals surface area contributed by atoms with Crippen molar-refractivity contribution in [3.05, 3.63) is 30.1 Å². The van der Waals surface area contributed by atoms with E-state index >= 15 is 0 Å². The lowest BCUT2D eigenvalue weighted by atomic mass is 10.0. The van der Waals surface area contributed by atoms with E-state index in [1.54, 1.807) is 32.2 Å². The van der Waals surface area contributed by atoms with Crippen LogP contribution in [0.3, 0.4) is 0 Å². The van der Waals surface area contributed by atoms with Gasteiger partial charge in [0.2, 0.25) is 0 Å². The number of ether oxygens (including phenoxy) is 1. The van der Waals surface area contributed by atoms with Crippen LogP contribution in [0.15, 0.2) is 24.4 Å². The van der Waals surface area contributed by atoms with Crippen LogP contribution in [-0.4, -0.2) is 11.1 Å². The highest BCUT2D eigenvalue weighted by Crippen LogP contribution is 2.21. The summed E-state index contributed by atoms with van der Waals surface area (Å²) in [7, 11) is 0. The molecule has 2 N–H and O–H groups in total. The molecule has 1 heterocycles. The quantitative estimate of drug-likeness (QED) is 0.748. The number of hydrogen-bond donors (Lipinski definition) is 1. The Morgan fingerprint density at radius 1 is 1.54 bits per heavy atom. The normalized spacial score (nSPS) is 10.9. The molecule has 0 atom stereocenters. The number of nitrogens with two attached hydrogens (primary N) is 1. The van der Waals surface area contributed by atoms with Crippen LogP contribution in [0.2, 0.25) is 0 Å². The highest BCUT2D eigenvalue weighted by Gasteiger charge is 2.25. The minimum Gasteiger partial charge on any atom is -0.437 e. The fourth-order valence-electron chi connectivity index (χ4n) is 1.02. The molecule has 1 amide bonds. The van der Waals surface area contributed by atoms with E-state index in [4.69, 9.17) is 10.5 Å². The molecule has 0 radical (unpaired) electrons. The van der Waals surface area contributed by atoms with Gasteiger partial charge in [-0.05, 0) is 26.0 Å². The Balaban J connectivity index is 2.87. The third kappa shape index (κ3) is 2.43. The Hall–Kier alpha value is -1.58. The van der Waals surface area contributed by atoms with Crippen LogP contribution in [0.4, 0.5) is 4.79 Å². The van der Waals surface area contributed by atoms with E-state index in [2.05, 4.69) is 4.98 Å². The van der Waals surface area contributed by atoms with Crippen LogP contribution in [0, 0.1) is 0 Å². The summed E-state index contributed by atoms with van der Waals surface area (Å²) in [6.45, 7) is 3.47. The number of amides is 1. The molecule has 4 heteroatoms. The average molecular weight is 180 g/mol. The molecular weight excluding hydrogens is 168 g/mol. The number of carbonyl (C=O) groups excluding carboxylic acids is 1. The highest BCUT2D eigenvalue weighted by atomic mass is 16.6. The van der Waals surface area contributed by atoms with E-state index < -0.39 is 11.7 Å². The molecule has 0 aliphatic heterocycles. The smallest absolute Gasteiger partial charge is 0.405 e. The summed E-state index contributed by atoms with van der Waals surface area (Å²) in [6, 6.07) is 5.40. The summed E-state index contributed by atoms with van der Waals surface area (Å²) in [5.74, 6) is 0. The molecule has 0 bridgehead atoms. The number of primary amides is 1. The maximum absolute atomic E-state index is 10.6. The standard InChI is InChI=1S/C9H12N2O2/c1-9(2,13-8(10)12)7-5-3-4-6-11-7/h3-6H,1-2H3,(H2,10,12). The van der Waals surface area contributed by atoms with Gasteiger partial charge in [-0.15, -0.1) is 0 Å². The second-order valence-electron chi connectivity index (χ2n) is 3.15. The molecule has 1 rings (SSSR count). The van der Waals surface area contributed by atoms with Gasteiger partial charge in [0.1, 0.15) is 0 Å². The minimum atomic E-state index is -0.796. The van der Waals surface area contributed by atoms with Gasteiger partial charge in [0.05, 0.1) is 5.69 Å². The van der Waals surface area contributed by atoms with E-state index in [1.165, 1.54) is 0 Å². The zero-order valence-corrected chi connectivity index (χ0v) is 7.65. The number of nitrogens with zero attached hydrogens (tertiary/aromatic N) is 1. The van der Waals surface area contributed by atoms with Gasteiger partial charge in [-0.3, -0.25) is 4.98 Å². The summed E-state index contributed by atoms with van der Waals surface area (Å²) >= 11 is 0. The lowest BCUT2D eigenvalue weighted by molar-refractivity contribution is 0.0400. The molecule has 0 spiro atoms. The van der Waals surface area contributed by atoms with Gasteiger partial charge < -0.3 is 10.5 Å². The van der Waals surface area contributed by atoms with Crippen molar-refractivity contribution in [1.82, 2.24) is 4.98 Å². The van der Waals surface area contributed by atoms with Gasteiger partial charge in [0, 0.05) is 6.20 Å². The first-order valence-electron chi connectivity index (χ1n) is 3.92. The maximum Gasteiger partial charge on any atom is 0.405 e. The Kier molecular flexibility index (Phi) is 2.51. The molecule has 0 aliphatic rings. The predicted molar refractivity (Wildman–Crippen MR) is 47.9 cm³/mol. The molecule has 13 heavy (non-hydrogen) atoms. The number of hydrogen-bond acceptors (Lipinski definition) is 3. The molecule has 0 saturated heterocycles. The van der Waals surface area contributed by atoms with Crippen LogP contribution in [0.5, 0.6) is 0 Å². The van der Waals surface area contributed by atoms with Crippen LogP contribution in [0.25, 0.3) is 0 Å². The van der Waals surface area contributed by atoms with Crippen molar-refractivity contribution in [2.24, 2.45) is 5.73 Å². The topological polar surface area (TPSA) is 65.2 Å². The van der Waals surface area contributed by atoms with Gasteiger partial charge in [0.25, 0.3) is 0 Å². The zero-order chi connectivity index (χ0) is 9.90. The van der Waals surface area contributed by atoms with Crippen molar-refractivity contribution in [2.45, 2.75) is 19.4 Å². The van der Waals surface area contributed by atoms with Crippen molar-refractivity contribution in [2.75, 3.05) is 0 Å². The van der Waals surface area contributed by atoms with E-state index in [0.717, 1.165) is 0 Å². The molecule has 0 saturated carbocycles. The number of aromatic nitrogens is 1. The molecule has 70 valence electrons. The Labute approximate surface area is 76.7 Å². The fourth-order valence-corrected chi connectivity index (χ4v) is 1.02. The van der Waals surface area contributed by atoms with E-state index in [-0.39, 0.29) is 0 Å².